The largest absolute Gasteiger partial charge is 0.490 e. The fraction of sp³-hybridized carbons (Fsp3) is 0.316. The van der Waals surface area contributed by atoms with Crippen LogP contribution < -0.4 is 15.6 Å². The summed E-state index contributed by atoms with van der Waals surface area (Å²) in [5.41, 5.74) is 0.487. The van der Waals surface area contributed by atoms with Crippen LogP contribution in [0.2, 0.25) is 0 Å². The van der Waals surface area contributed by atoms with Crippen LogP contribution in [-0.4, -0.2) is 35.0 Å². The number of carbonyl (C=O) groups excluding carboxylic acids is 1. The minimum absolute atomic E-state index is 0.165. The van der Waals surface area contributed by atoms with E-state index in [1.54, 1.807) is 12.1 Å². The SMILES string of the molecule is O=Cc1cc2ncn(-c3ccc(OCCC4CCCN4)c(F)c3)c(=O)c2s1. The van der Waals surface area contributed by atoms with Gasteiger partial charge >= 0.3 is 0 Å². The molecule has 0 saturated carbocycles. The highest BCUT2D eigenvalue weighted by Gasteiger charge is 2.15. The van der Waals surface area contributed by atoms with Crippen LogP contribution in [0.4, 0.5) is 4.39 Å². The summed E-state index contributed by atoms with van der Waals surface area (Å²) < 4.78 is 21.6. The molecule has 4 rings (SSSR count). The number of nitrogens with one attached hydrogen (secondary N) is 1. The second-order valence-electron chi connectivity index (χ2n) is 6.45. The summed E-state index contributed by atoms with van der Waals surface area (Å²) >= 11 is 1.07. The number of fused-ring (bicyclic) bond motifs is 1. The molecule has 2 aromatic heterocycles. The van der Waals surface area contributed by atoms with E-state index in [9.17, 15) is 14.0 Å². The van der Waals surface area contributed by atoms with E-state index in [2.05, 4.69) is 10.3 Å². The monoisotopic (exact) mass is 387 g/mol. The van der Waals surface area contributed by atoms with Crippen LogP contribution in [0.3, 0.4) is 0 Å². The van der Waals surface area contributed by atoms with Crippen molar-refractivity contribution in [1.29, 1.82) is 0 Å². The summed E-state index contributed by atoms with van der Waals surface area (Å²) in [4.78, 5) is 28.1. The first-order valence-electron chi connectivity index (χ1n) is 8.78. The number of ether oxygens (including phenoxy) is 1. The van der Waals surface area contributed by atoms with Crippen LogP contribution in [-0.2, 0) is 0 Å². The Morgan fingerprint density at radius 3 is 3.04 bits per heavy atom. The summed E-state index contributed by atoms with van der Waals surface area (Å²) in [7, 11) is 0. The highest BCUT2D eigenvalue weighted by atomic mass is 32.1. The molecule has 1 atom stereocenters. The average Bonchev–Trinajstić information content (AvgIpc) is 3.33. The van der Waals surface area contributed by atoms with Gasteiger partial charge in [0.1, 0.15) is 11.0 Å². The zero-order valence-electron chi connectivity index (χ0n) is 14.5. The molecule has 0 radical (unpaired) electrons. The van der Waals surface area contributed by atoms with Crippen LogP contribution in [0.1, 0.15) is 28.9 Å². The molecule has 3 heterocycles. The maximum atomic E-state index is 14.4. The molecule has 1 unspecified atom stereocenters. The molecule has 1 aliphatic rings. The second-order valence-corrected chi connectivity index (χ2v) is 7.53. The Balaban J connectivity index is 1.54. The molecule has 0 amide bonds. The first-order valence-corrected chi connectivity index (χ1v) is 9.60. The van der Waals surface area contributed by atoms with E-state index in [1.807, 2.05) is 0 Å². The number of nitrogens with zero attached hydrogens (tertiary/aromatic N) is 2. The zero-order chi connectivity index (χ0) is 18.8. The first kappa shape index (κ1) is 17.8. The molecular formula is C19H18FN3O3S. The molecular weight excluding hydrogens is 369 g/mol. The van der Waals surface area contributed by atoms with Crippen LogP contribution in [0.5, 0.6) is 5.75 Å². The Bertz CT molecular complexity index is 1040. The number of aldehydes is 1. The number of benzene rings is 1. The number of hydrogen-bond acceptors (Lipinski definition) is 6. The lowest BCUT2D eigenvalue weighted by Gasteiger charge is -2.12. The normalized spacial score (nSPS) is 16.7. The van der Waals surface area contributed by atoms with Crippen molar-refractivity contribution in [3.05, 3.63) is 51.6 Å². The van der Waals surface area contributed by atoms with Gasteiger partial charge in [0.15, 0.2) is 17.9 Å². The summed E-state index contributed by atoms with van der Waals surface area (Å²) in [6, 6.07) is 6.40. The molecule has 27 heavy (non-hydrogen) atoms. The Kier molecular flexibility index (Phi) is 5.00. The molecule has 0 aliphatic carbocycles. The van der Waals surface area contributed by atoms with Crippen molar-refractivity contribution >= 4 is 27.8 Å². The Morgan fingerprint density at radius 2 is 2.30 bits per heavy atom. The van der Waals surface area contributed by atoms with Gasteiger partial charge in [-0.2, -0.15) is 0 Å². The number of aromatic nitrogens is 2. The highest BCUT2D eigenvalue weighted by Crippen LogP contribution is 2.23. The van der Waals surface area contributed by atoms with Gasteiger partial charge in [0.25, 0.3) is 5.56 Å². The fourth-order valence-corrected chi connectivity index (χ4v) is 4.10. The average molecular weight is 387 g/mol. The van der Waals surface area contributed by atoms with E-state index in [0.29, 0.717) is 39.7 Å². The quantitative estimate of drug-likeness (QED) is 0.659. The van der Waals surface area contributed by atoms with Gasteiger partial charge in [0.2, 0.25) is 0 Å². The van der Waals surface area contributed by atoms with Crippen molar-refractivity contribution < 1.29 is 13.9 Å². The summed E-state index contributed by atoms with van der Waals surface area (Å²) in [5.74, 6) is -0.364. The predicted molar refractivity (Wildman–Crippen MR) is 102 cm³/mol. The number of rotatable bonds is 6. The maximum absolute atomic E-state index is 14.4. The third-order valence-corrected chi connectivity index (χ3v) is 5.69. The lowest BCUT2D eigenvalue weighted by molar-refractivity contribution is 0.112. The molecule has 6 nitrogen and oxygen atoms in total. The van der Waals surface area contributed by atoms with Crippen LogP contribution >= 0.6 is 11.3 Å². The number of thiophene rings is 1. The van der Waals surface area contributed by atoms with Gasteiger partial charge in [-0.15, -0.1) is 11.3 Å². The van der Waals surface area contributed by atoms with E-state index in [-0.39, 0.29) is 11.3 Å². The van der Waals surface area contributed by atoms with Crippen molar-refractivity contribution in [2.75, 3.05) is 13.2 Å². The fourth-order valence-electron chi connectivity index (χ4n) is 3.24. The third kappa shape index (κ3) is 3.63. The first-order chi connectivity index (χ1) is 13.2. The van der Waals surface area contributed by atoms with E-state index < -0.39 is 5.82 Å². The van der Waals surface area contributed by atoms with Crippen LogP contribution in [0.15, 0.2) is 35.4 Å². The second kappa shape index (κ2) is 7.58. The lowest BCUT2D eigenvalue weighted by Crippen LogP contribution is -2.23. The van der Waals surface area contributed by atoms with Gasteiger partial charge in [-0.3, -0.25) is 14.2 Å². The minimum Gasteiger partial charge on any atom is -0.490 e. The molecule has 140 valence electrons. The smallest absolute Gasteiger partial charge is 0.275 e. The number of hydrogen-bond donors (Lipinski definition) is 1. The molecule has 0 bridgehead atoms. The Morgan fingerprint density at radius 1 is 1.41 bits per heavy atom. The molecule has 1 saturated heterocycles. The van der Waals surface area contributed by atoms with E-state index in [0.717, 1.165) is 30.7 Å². The van der Waals surface area contributed by atoms with Gasteiger partial charge < -0.3 is 10.1 Å². The van der Waals surface area contributed by atoms with Crippen LogP contribution in [0, 0.1) is 5.82 Å². The number of halogens is 1. The van der Waals surface area contributed by atoms with Gasteiger partial charge in [-0.1, -0.05) is 0 Å². The Labute approximate surface area is 158 Å². The molecule has 0 spiro atoms. The standard InChI is InChI=1S/C19H18FN3O3S/c20-15-8-13(3-4-17(15)26-7-5-12-2-1-6-21-12)23-11-22-16-9-14(10-24)27-18(16)19(23)25/h3-4,8-12,21H,1-2,5-7H2. The van der Waals surface area contributed by atoms with Gasteiger partial charge in [0.05, 0.1) is 22.7 Å². The predicted octanol–water partition coefficient (Wildman–Crippen LogP) is 2.92. The summed E-state index contributed by atoms with van der Waals surface area (Å²) in [5, 5.41) is 3.38. The van der Waals surface area contributed by atoms with Crippen molar-refractivity contribution in [2.24, 2.45) is 0 Å². The molecule has 8 heteroatoms. The minimum atomic E-state index is -0.529. The van der Waals surface area contributed by atoms with E-state index in [4.69, 9.17) is 4.74 Å². The highest BCUT2D eigenvalue weighted by molar-refractivity contribution is 7.20. The van der Waals surface area contributed by atoms with Crippen molar-refractivity contribution in [2.45, 2.75) is 25.3 Å². The maximum Gasteiger partial charge on any atom is 0.275 e. The summed E-state index contributed by atoms with van der Waals surface area (Å²) in [6.07, 6.45) is 5.14. The molecule has 1 aromatic carbocycles. The van der Waals surface area contributed by atoms with E-state index >= 15 is 0 Å². The molecule has 1 N–H and O–H groups in total. The van der Waals surface area contributed by atoms with Crippen LogP contribution in [0.25, 0.3) is 15.9 Å². The summed E-state index contributed by atoms with van der Waals surface area (Å²) in [6.45, 7) is 1.46. The third-order valence-electron chi connectivity index (χ3n) is 4.65. The Hall–Kier alpha value is -2.58. The van der Waals surface area contributed by atoms with Gasteiger partial charge in [-0.25, -0.2) is 9.37 Å². The van der Waals surface area contributed by atoms with Gasteiger partial charge in [-0.05, 0) is 44.0 Å². The molecule has 3 aromatic rings. The van der Waals surface area contributed by atoms with Gasteiger partial charge in [0, 0.05) is 12.1 Å². The van der Waals surface area contributed by atoms with E-state index in [1.165, 1.54) is 29.4 Å². The van der Waals surface area contributed by atoms with Crippen molar-refractivity contribution in [3.63, 3.8) is 0 Å². The topological polar surface area (TPSA) is 73.2 Å². The number of carbonyl (C=O) groups is 1. The van der Waals surface area contributed by atoms with Crippen molar-refractivity contribution in [1.82, 2.24) is 14.9 Å². The molecule has 1 fully saturated rings. The molecule has 1 aliphatic heterocycles. The zero-order valence-corrected chi connectivity index (χ0v) is 15.3. The van der Waals surface area contributed by atoms with Crippen molar-refractivity contribution in [3.8, 4) is 11.4 Å². The lowest BCUT2D eigenvalue weighted by atomic mass is 10.2.